The number of halogens is 2. The van der Waals surface area contributed by atoms with E-state index in [1.807, 2.05) is 13.0 Å². The summed E-state index contributed by atoms with van der Waals surface area (Å²) < 4.78 is 24.6. The number of nitrogens with one attached hydrogen (secondary N) is 1. The number of benzene rings is 2. The Morgan fingerprint density at radius 1 is 1.14 bits per heavy atom. The largest absolute Gasteiger partial charge is 0.462 e. The first-order chi connectivity index (χ1) is 13.2. The number of para-hydroxylation sites is 1. The molecule has 152 valence electrons. The van der Waals surface area contributed by atoms with Crippen LogP contribution in [0.4, 0.5) is 0 Å². The van der Waals surface area contributed by atoms with E-state index >= 15 is 0 Å². The number of carbonyl (C=O) groups excluding carboxylic acids is 1. The molecular weight excluding hydrogens is 440 g/mol. The Morgan fingerprint density at radius 2 is 1.75 bits per heavy atom. The van der Waals surface area contributed by atoms with E-state index in [1.165, 1.54) is 0 Å². The molecule has 2 aromatic carbocycles. The van der Waals surface area contributed by atoms with Gasteiger partial charge in [-0.3, -0.25) is 4.79 Å². The molecular formula is C19H22Cl2NO4PS. The highest BCUT2D eigenvalue weighted by atomic mass is 35.5. The molecule has 1 N–H and O–H groups in total. The Labute approximate surface area is 179 Å². The van der Waals surface area contributed by atoms with Gasteiger partial charge < -0.3 is 9.26 Å². The van der Waals surface area contributed by atoms with Gasteiger partial charge >= 0.3 is 12.7 Å². The number of esters is 1. The fourth-order valence-corrected chi connectivity index (χ4v) is 6.65. The first-order valence-corrected chi connectivity index (χ1v) is 12.5. The predicted octanol–water partition coefficient (Wildman–Crippen LogP) is 6.59. The first kappa shape index (κ1) is 23.1. The quantitative estimate of drug-likeness (QED) is 0.335. The molecule has 0 aliphatic rings. The van der Waals surface area contributed by atoms with Gasteiger partial charge in [0.1, 0.15) is 11.8 Å². The van der Waals surface area contributed by atoms with Crippen LogP contribution in [-0.4, -0.2) is 18.1 Å². The molecule has 3 atom stereocenters. The molecule has 0 amide bonds. The molecule has 0 saturated carbocycles. The summed E-state index contributed by atoms with van der Waals surface area (Å²) in [7, 11) is 0. The van der Waals surface area contributed by atoms with Gasteiger partial charge in [0.25, 0.3) is 0 Å². The zero-order chi connectivity index (χ0) is 20.7. The Morgan fingerprint density at radius 3 is 2.32 bits per heavy atom. The lowest BCUT2D eigenvalue weighted by molar-refractivity contribution is -0.149. The van der Waals surface area contributed by atoms with E-state index < -0.39 is 18.7 Å². The molecule has 0 saturated heterocycles. The Hall–Kier alpha value is -1.17. The SMILES string of the molecule is CC[C@@H](C)OC(=O)[C@H](C)N[P@@](=O)(Oc1ccccc1)Sc1cc(Cl)cc(Cl)c1. The van der Waals surface area contributed by atoms with Crippen LogP contribution >= 0.6 is 41.3 Å². The van der Waals surface area contributed by atoms with Crippen LogP contribution in [0.2, 0.25) is 10.0 Å². The molecule has 0 aliphatic heterocycles. The van der Waals surface area contributed by atoms with E-state index in [4.69, 9.17) is 32.5 Å². The van der Waals surface area contributed by atoms with Gasteiger partial charge in [-0.05, 0) is 62.0 Å². The van der Waals surface area contributed by atoms with Crippen LogP contribution in [0.5, 0.6) is 5.75 Å². The van der Waals surface area contributed by atoms with Crippen molar-refractivity contribution in [2.45, 2.75) is 44.2 Å². The predicted molar refractivity (Wildman–Crippen MR) is 115 cm³/mol. The fraction of sp³-hybridized carbons (Fsp3) is 0.316. The average Bonchev–Trinajstić information content (AvgIpc) is 2.60. The van der Waals surface area contributed by atoms with Crippen LogP contribution in [0.1, 0.15) is 27.2 Å². The Kier molecular flexibility index (Phi) is 8.72. The Bertz CT molecular complexity index is 833. The number of hydrogen-bond acceptors (Lipinski definition) is 5. The maximum absolute atomic E-state index is 13.6. The van der Waals surface area contributed by atoms with E-state index in [1.54, 1.807) is 56.3 Å². The minimum absolute atomic E-state index is 0.231. The van der Waals surface area contributed by atoms with Gasteiger partial charge in [-0.2, -0.15) is 0 Å². The van der Waals surface area contributed by atoms with Crippen LogP contribution in [0, 0.1) is 0 Å². The molecule has 0 fully saturated rings. The second-order valence-electron chi connectivity index (χ2n) is 6.10. The zero-order valence-electron chi connectivity index (χ0n) is 15.7. The van der Waals surface area contributed by atoms with Gasteiger partial charge in [0.05, 0.1) is 6.10 Å². The number of hydrogen-bond donors (Lipinski definition) is 1. The lowest BCUT2D eigenvalue weighted by atomic mass is 10.3. The summed E-state index contributed by atoms with van der Waals surface area (Å²) in [4.78, 5) is 12.8. The number of carbonyl (C=O) groups is 1. The lowest BCUT2D eigenvalue weighted by Gasteiger charge is -2.23. The van der Waals surface area contributed by atoms with Crippen molar-refractivity contribution < 1.29 is 18.6 Å². The number of rotatable bonds is 9. The smallest absolute Gasteiger partial charge is 0.379 e. The van der Waals surface area contributed by atoms with Crippen molar-refractivity contribution in [2.24, 2.45) is 0 Å². The summed E-state index contributed by atoms with van der Waals surface area (Å²) in [6, 6.07) is 12.7. The topological polar surface area (TPSA) is 64.6 Å². The molecule has 5 nitrogen and oxygen atoms in total. The minimum atomic E-state index is -3.62. The molecule has 2 aromatic rings. The molecule has 0 radical (unpaired) electrons. The molecule has 0 bridgehead atoms. The first-order valence-electron chi connectivity index (χ1n) is 8.69. The van der Waals surface area contributed by atoms with Gasteiger partial charge in [-0.25, -0.2) is 9.65 Å². The van der Waals surface area contributed by atoms with E-state index in [0.29, 0.717) is 27.1 Å². The summed E-state index contributed by atoms with van der Waals surface area (Å²) in [6.45, 7) is 1.68. The van der Waals surface area contributed by atoms with E-state index in [0.717, 1.165) is 11.4 Å². The van der Waals surface area contributed by atoms with Crippen LogP contribution in [0.15, 0.2) is 53.4 Å². The van der Waals surface area contributed by atoms with Crippen molar-refractivity contribution in [2.75, 3.05) is 0 Å². The zero-order valence-corrected chi connectivity index (χ0v) is 18.9. The van der Waals surface area contributed by atoms with Crippen LogP contribution < -0.4 is 9.61 Å². The van der Waals surface area contributed by atoms with Crippen LogP contribution in [-0.2, 0) is 14.1 Å². The van der Waals surface area contributed by atoms with Crippen LogP contribution in [0.3, 0.4) is 0 Å². The highest BCUT2D eigenvalue weighted by molar-refractivity contribution is 8.56. The molecule has 9 heteroatoms. The summed E-state index contributed by atoms with van der Waals surface area (Å²) in [6.07, 6.45) is 0.456. The third-order valence-corrected chi connectivity index (χ3v) is 7.80. The molecule has 0 spiro atoms. The second kappa shape index (κ2) is 10.6. The van der Waals surface area contributed by atoms with Crippen molar-refractivity contribution in [1.29, 1.82) is 0 Å². The fourth-order valence-electron chi connectivity index (χ4n) is 2.09. The lowest BCUT2D eigenvalue weighted by Crippen LogP contribution is -2.35. The third-order valence-electron chi connectivity index (χ3n) is 3.63. The molecule has 0 heterocycles. The third kappa shape index (κ3) is 7.34. The molecule has 2 rings (SSSR count). The van der Waals surface area contributed by atoms with Gasteiger partial charge in [-0.1, -0.05) is 48.3 Å². The van der Waals surface area contributed by atoms with Crippen LogP contribution in [0.25, 0.3) is 0 Å². The standard InChI is InChI=1S/C19H22Cl2NO4PS/c1-4-13(2)25-19(23)14(3)22-27(24,26-17-8-6-5-7-9-17)28-18-11-15(20)10-16(21)12-18/h5-14H,4H2,1-3H3,(H,22,24)/t13-,14+,27-/m1/s1. The van der Waals surface area contributed by atoms with Crippen molar-refractivity contribution >= 4 is 47.3 Å². The van der Waals surface area contributed by atoms with Crippen molar-refractivity contribution in [3.05, 3.63) is 58.6 Å². The number of ether oxygens (including phenoxy) is 1. The summed E-state index contributed by atoms with van der Waals surface area (Å²) in [5, 5.41) is 3.61. The second-order valence-corrected chi connectivity index (χ2v) is 11.1. The van der Waals surface area contributed by atoms with E-state index in [2.05, 4.69) is 5.09 Å². The molecule has 28 heavy (non-hydrogen) atoms. The van der Waals surface area contributed by atoms with Crippen molar-refractivity contribution in [3.8, 4) is 5.75 Å². The monoisotopic (exact) mass is 461 g/mol. The Balaban J connectivity index is 2.25. The maximum Gasteiger partial charge on any atom is 0.379 e. The van der Waals surface area contributed by atoms with Gasteiger partial charge in [0.2, 0.25) is 0 Å². The normalized spacial score (nSPS) is 15.3. The molecule has 0 aromatic heterocycles. The summed E-state index contributed by atoms with van der Waals surface area (Å²) in [5.74, 6) is -0.0996. The summed E-state index contributed by atoms with van der Waals surface area (Å²) in [5.41, 5.74) is 0. The van der Waals surface area contributed by atoms with E-state index in [9.17, 15) is 9.36 Å². The summed E-state index contributed by atoms with van der Waals surface area (Å²) >= 11 is 13.0. The van der Waals surface area contributed by atoms with E-state index in [-0.39, 0.29) is 6.10 Å². The van der Waals surface area contributed by atoms with Gasteiger partial charge in [0.15, 0.2) is 0 Å². The highest BCUT2D eigenvalue weighted by Gasteiger charge is 2.32. The van der Waals surface area contributed by atoms with Gasteiger partial charge in [0, 0.05) is 14.9 Å². The van der Waals surface area contributed by atoms with Crippen molar-refractivity contribution in [3.63, 3.8) is 0 Å². The maximum atomic E-state index is 13.6. The highest BCUT2D eigenvalue weighted by Crippen LogP contribution is 2.59. The molecule has 0 aliphatic carbocycles. The minimum Gasteiger partial charge on any atom is -0.462 e. The van der Waals surface area contributed by atoms with Gasteiger partial charge in [-0.15, -0.1) is 0 Å². The van der Waals surface area contributed by atoms with Crippen molar-refractivity contribution in [1.82, 2.24) is 5.09 Å². The average molecular weight is 462 g/mol. The molecule has 0 unspecified atom stereocenters.